The predicted molar refractivity (Wildman–Crippen MR) is 95.8 cm³/mol. The van der Waals surface area contributed by atoms with Gasteiger partial charge in [-0.15, -0.1) is 0 Å². The van der Waals surface area contributed by atoms with Crippen molar-refractivity contribution in [1.82, 2.24) is 10.2 Å². The Morgan fingerprint density at radius 1 is 1.09 bits per heavy atom. The third-order valence-electron chi connectivity index (χ3n) is 3.82. The lowest BCUT2D eigenvalue weighted by atomic mass is 10.1. The van der Waals surface area contributed by atoms with E-state index in [2.05, 4.69) is 27.7 Å². The Hall–Kier alpha value is -2.33. The topological polar surface area (TPSA) is 44.4 Å². The van der Waals surface area contributed by atoms with Crippen molar-refractivity contribution in [3.8, 4) is 0 Å². The number of nitrogens with zero attached hydrogens (tertiary/aromatic N) is 1. The van der Waals surface area contributed by atoms with E-state index in [9.17, 15) is 4.79 Å². The fourth-order valence-corrected chi connectivity index (χ4v) is 2.43. The number of likely N-dealkylation sites (N-methyl/N-ethyl adjacent to an activating group) is 1. The van der Waals surface area contributed by atoms with Crippen molar-refractivity contribution >= 4 is 11.7 Å². The number of urea groups is 1. The molecule has 2 aromatic carbocycles. The summed E-state index contributed by atoms with van der Waals surface area (Å²) in [7, 11) is 4.07. The van der Waals surface area contributed by atoms with Crippen molar-refractivity contribution in [3.63, 3.8) is 0 Å². The molecule has 0 aliphatic heterocycles. The summed E-state index contributed by atoms with van der Waals surface area (Å²) in [6, 6.07) is 18.2. The van der Waals surface area contributed by atoms with Gasteiger partial charge in [0.2, 0.25) is 0 Å². The molecule has 0 saturated carbocycles. The van der Waals surface area contributed by atoms with E-state index in [1.54, 1.807) is 0 Å². The highest BCUT2D eigenvalue weighted by molar-refractivity contribution is 5.89. The lowest BCUT2D eigenvalue weighted by Gasteiger charge is -2.25. The van der Waals surface area contributed by atoms with E-state index in [1.807, 2.05) is 63.5 Å². The average Bonchev–Trinajstić information content (AvgIpc) is 2.52. The van der Waals surface area contributed by atoms with Crippen LogP contribution in [0.2, 0.25) is 0 Å². The summed E-state index contributed by atoms with van der Waals surface area (Å²) in [5.41, 5.74) is 3.21. The maximum absolute atomic E-state index is 12.1. The molecule has 2 rings (SSSR count). The summed E-state index contributed by atoms with van der Waals surface area (Å²) in [6.07, 6.45) is 0.901. The molecule has 0 radical (unpaired) electrons. The number of aryl methyl sites for hydroxylation is 1. The van der Waals surface area contributed by atoms with Gasteiger partial charge in [0.1, 0.15) is 0 Å². The molecule has 0 aromatic heterocycles. The fraction of sp³-hybridized carbons (Fsp3) is 0.316. The number of hydrogen-bond donors (Lipinski definition) is 2. The number of anilines is 1. The lowest BCUT2D eigenvalue weighted by molar-refractivity contribution is 0.242. The number of carbonyl (C=O) groups excluding carboxylic acids is 1. The largest absolute Gasteiger partial charge is 0.336 e. The first-order chi connectivity index (χ1) is 11.0. The second-order valence-corrected chi connectivity index (χ2v) is 6.01. The third kappa shape index (κ3) is 5.75. The number of rotatable bonds is 6. The van der Waals surface area contributed by atoms with Crippen molar-refractivity contribution in [3.05, 3.63) is 65.7 Å². The minimum absolute atomic E-state index is 0.171. The lowest BCUT2D eigenvalue weighted by Crippen LogP contribution is -2.43. The van der Waals surface area contributed by atoms with Gasteiger partial charge in [-0.2, -0.15) is 0 Å². The summed E-state index contributed by atoms with van der Waals surface area (Å²) < 4.78 is 0. The number of benzene rings is 2. The second-order valence-electron chi connectivity index (χ2n) is 6.01. The highest BCUT2D eigenvalue weighted by Crippen LogP contribution is 2.09. The van der Waals surface area contributed by atoms with E-state index in [0.29, 0.717) is 6.54 Å². The van der Waals surface area contributed by atoms with Crippen LogP contribution >= 0.6 is 0 Å². The van der Waals surface area contributed by atoms with E-state index in [-0.39, 0.29) is 12.1 Å². The first-order valence-corrected chi connectivity index (χ1v) is 7.86. The van der Waals surface area contributed by atoms with Crippen LogP contribution in [0.25, 0.3) is 0 Å². The molecule has 1 atom stereocenters. The molecular formula is C19H25N3O. The van der Waals surface area contributed by atoms with E-state index < -0.39 is 0 Å². The van der Waals surface area contributed by atoms with Gasteiger partial charge in [0.15, 0.2) is 0 Å². The zero-order valence-electron chi connectivity index (χ0n) is 14.0. The Kier molecular flexibility index (Phi) is 6.18. The number of nitrogens with one attached hydrogen (secondary N) is 2. The molecule has 122 valence electrons. The molecular weight excluding hydrogens is 286 g/mol. The minimum Gasteiger partial charge on any atom is -0.336 e. The molecule has 2 aromatic rings. The molecule has 0 saturated heterocycles. The number of carbonyl (C=O) groups is 1. The monoisotopic (exact) mass is 311 g/mol. The van der Waals surface area contributed by atoms with Crippen molar-refractivity contribution in [2.75, 3.05) is 26.0 Å². The molecule has 0 aliphatic rings. The van der Waals surface area contributed by atoms with Gasteiger partial charge in [0, 0.05) is 18.3 Å². The molecule has 0 unspecified atom stereocenters. The Balaban J connectivity index is 1.87. The molecule has 4 heteroatoms. The van der Waals surface area contributed by atoms with Gasteiger partial charge in [-0.1, -0.05) is 42.5 Å². The van der Waals surface area contributed by atoms with Crippen LogP contribution in [-0.4, -0.2) is 37.6 Å². The Morgan fingerprint density at radius 2 is 1.83 bits per heavy atom. The van der Waals surface area contributed by atoms with Crippen molar-refractivity contribution in [2.45, 2.75) is 19.4 Å². The summed E-state index contributed by atoms with van der Waals surface area (Å²) in [5, 5.41) is 5.83. The average molecular weight is 311 g/mol. The normalized spacial score (nSPS) is 12.0. The molecule has 0 bridgehead atoms. The highest BCUT2D eigenvalue weighted by Gasteiger charge is 2.13. The van der Waals surface area contributed by atoms with Gasteiger partial charge in [-0.25, -0.2) is 4.79 Å². The van der Waals surface area contributed by atoms with Gasteiger partial charge >= 0.3 is 6.03 Å². The molecule has 2 amide bonds. The smallest absolute Gasteiger partial charge is 0.319 e. The Morgan fingerprint density at radius 3 is 2.48 bits per heavy atom. The maximum atomic E-state index is 12.1. The van der Waals surface area contributed by atoms with E-state index >= 15 is 0 Å². The highest BCUT2D eigenvalue weighted by atomic mass is 16.2. The molecule has 2 N–H and O–H groups in total. The van der Waals surface area contributed by atoms with Gasteiger partial charge in [0.25, 0.3) is 0 Å². The minimum atomic E-state index is -0.171. The van der Waals surface area contributed by atoms with Crippen molar-refractivity contribution in [1.29, 1.82) is 0 Å². The quantitative estimate of drug-likeness (QED) is 0.860. The van der Waals surface area contributed by atoms with Crippen molar-refractivity contribution in [2.24, 2.45) is 0 Å². The van der Waals surface area contributed by atoms with Gasteiger partial charge in [-0.3, -0.25) is 0 Å². The maximum Gasteiger partial charge on any atom is 0.319 e. The van der Waals surface area contributed by atoms with Crippen LogP contribution < -0.4 is 10.6 Å². The fourth-order valence-electron chi connectivity index (χ4n) is 2.43. The van der Waals surface area contributed by atoms with Crippen LogP contribution in [0.1, 0.15) is 11.1 Å². The molecule has 4 nitrogen and oxygen atoms in total. The third-order valence-corrected chi connectivity index (χ3v) is 3.82. The van der Waals surface area contributed by atoms with Crippen LogP contribution in [0, 0.1) is 6.92 Å². The standard InChI is InChI=1S/C19H25N3O/c1-15-8-7-11-17(12-15)21-19(23)20-14-18(22(2)3)13-16-9-5-4-6-10-16/h4-12,18H,13-14H2,1-3H3,(H2,20,21,23)/t18-/m1/s1. The molecule has 0 spiro atoms. The van der Waals surface area contributed by atoms with Crippen molar-refractivity contribution < 1.29 is 4.79 Å². The Bertz CT molecular complexity index is 626. The summed E-state index contributed by atoms with van der Waals surface area (Å²) in [6.45, 7) is 2.60. The van der Waals surface area contributed by atoms with Crippen LogP contribution in [0.3, 0.4) is 0 Å². The zero-order valence-corrected chi connectivity index (χ0v) is 14.0. The molecule has 0 heterocycles. The number of amides is 2. The molecule has 23 heavy (non-hydrogen) atoms. The second kappa shape index (κ2) is 8.34. The summed E-state index contributed by atoms with van der Waals surface area (Å²) in [4.78, 5) is 14.2. The first kappa shape index (κ1) is 17.0. The summed E-state index contributed by atoms with van der Waals surface area (Å²) in [5.74, 6) is 0. The van der Waals surface area contributed by atoms with E-state index in [4.69, 9.17) is 0 Å². The number of hydrogen-bond acceptors (Lipinski definition) is 2. The SMILES string of the molecule is Cc1cccc(NC(=O)NC[C@@H](Cc2ccccc2)N(C)C)c1. The van der Waals surface area contributed by atoms with Crippen LogP contribution in [0.4, 0.5) is 10.5 Å². The Labute approximate surface area is 138 Å². The van der Waals surface area contributed by atoms with E-state index in [0.717, 1.165) is 17.7 Å². The van der Waals surface area contributed by atoms with Crippen LogP contribution in [0.5, 0.6) is 0 Å². The molecule has 0 fully saturated rings. The first-order valence-electron chi connectivity index (χ1n) is 7.86. The zero-order chi connectivity index (χ0) is 16.7. The van der Waals surface area contributed by atoms with Gasteiger partial charge in [-0.05, 0) is 50.7 Å². The van der Waals surface area contributed by atoms with Gasteiger partial charge in [0.05, 0.1) is 0 Å². The summed E-state index contributed by atoms with van der Waals surface area (Å²) >= 11 is 0. The van der Waals surface area contributed by atoms with Crippen LogP contribution in [0.15, 0.2) is 54.6 Å². The van der Waals surface area contributed by atoms with Crippen LogP contribution in [-0.2, 0) is 6.42 Å². The van der Waals surface area contributed by atoms with Gasteiger partial charge < -0.3 is 15.5 Å². The van der Waals surface area contributed by atoms with E-state index in [1.165, 1.54) is 5.56 Å². The molecule has 0 aliphatic carbocycles. The predicted octanol–water partition coefficient (Wildman–Crippen LogP) is 3.29.